The Labute approximate surface area is 136 Å². The lowest BCUT2D eigenvalue weighted by Crippen LogP contribution is -2.27. The van der Waals surface area contributed by atoms with Gasteiger partial charge in [0.15, 0.2) is 0 Å². The first-order chi connectivity index (χ1) is 11.2. The third-order valence-corrected chi connectivity index (χ3v) is 3.90. The summed E-state index contributed by atoms with van der Waals surface area (Å²) < 4.78 is 0. The summed E-state index contributed by atoms with van der Waals surface area (Å²) in [5, 5.41) is 9.85. The van der Waals surface area contributed by atoms with E-state index in [4.69, 9.17) is 0 Å². The molecular weight excluding hydrogens is 312 g/mol. The molecule has 0 bridgehead atoms. The minimum absolute atomic E-state index is 0.175. The molecule has 2 N–H and O–H groups in total. The Hall–Kier alpha value is -2.80. The molecule has 0 spiro atoms. The van der Waals surface area contributed by atoms with Crippen LogP contribution in [0.4, 0.5) is 5.82 Å². The number of carbonyl (C=O) groups excluding carboxylic acids is 2. The molecule has 7 heteroatoms. The SMILES string of the molecule is O=C(CCNC(=O)c1ccsc1)Nc1ncnc2ccccc12. The first-order valence-electron chi connectivity index (χ1n) is 7.04. The van der Waals surface area contributed by atoms with Crippen LogP contribution in [0.25, 0.3) is 10.9 Å². The van der Waals surface area contributed by atoms with Gasteiger partial charge in [0.25, 0.3) is 5.91 Å². The quantitative estimate of drug-likeness (QED) is 0.754. The average Bonchev–Trinajstić information content (AvgIpc) is 3.10. The Kier molecular flexibility index (Phi) is 4.58. The first kappa shape index (κ1) is 15.1. The van der Waals surface area contributed by atoms with Gasteiger partial charge in [-0.1, -0.05) is 12.1 Å². The number of nitrogens with zero attached hydrogens (tertiary/aromatic N) is 2. The molecule has 0 saturated heterocycles. The van der Waals surface area contributed by atoms with Gasteiger partial charge in [-0.2, -0.15) is 11.3 Å². The molecule has 2 amide bonds. The summed E-state index contributed by atoms with van der Waals surface area (Å²) in [4.78, 5) is 32.0. The molecule has 0 atom stereocenters. The van der Waals surface area contributed by atoms with Gasteiger partial charge in [-0.25, -0.2) is 9.97 Å². The molecule has 0 aliphatic rings. The lowest BCUT2D eigenvalue weighted by atomic mass is 10.2. The van der Waals surface area contributed by atoms with E-state index < -0.39 is 0 Å². The summed E-state index contributed by atoms with van der Waals surface area (Å²) in [6.07, 6.45) is 1.59. The van der Waals surface area contributed by atoms with Crippen LogP contribution in [0.5, 0.6) is 0 Å². The van der Waals surface area contributed by atoms with Gasteiger partial charge in [-0.15, -0.1) is 0 Å². The molecule has 0 radical (unpaired) electrons. The zero-order chi connectivity index (χ0) is 16.1. The van der Waals surface area contributed by atoms with Crippen LogP contribution in [0.3, 0.4) is 0 Å². The standard InChI is InChI=1S/C16H14N4O2S/c21-14(5-7-17-16(22)11-6-8-23-9-11)20-15-12-3-1-2-4-13(12)18-10-19-15/h1-4,6,8-10H,5,7H2,(H,17,22)(H,18,19,20,21). The van der Waals surface area contributed by atoms with Crippen molar-refractivity contribution in [3.8, 4) is 0 Å². The van der Waals surface area contributed by atoms with Crippen molar-refractivity contribution in [1.29, 1.82) is 0 Å². The molecule has 0 aliphatic heterocycles. The number of aromatic nitrogens is 2. The number of para-hydroxylation sites is 1. The van der Waals surface area contributed by atoms with E-state index in [2.05, 4.69) is 20.6 Å². The van der Waals surface area contributed by atoms with Crippen LogP contribution in [-0.2, 0) is 4.79 Å². The summed E-state index contributed by atoms with van der Waals surface area (Å²) in [5.74, 6) is 0.0933. The van der Waals surface area contributed by atoms with Crippen LogP contribution in [0.15, 0.2) is 47.4 Å². The highest BCUT2D eigenvalue weighted by atomic mass is 32.1. The van der Waals surface area contributed by atoms with Gasteiger partial charge in [0.05, 0.1) is 5.52 Å². The molecule has 116 valence electrons. The van der Waals surface area contributed by atoms with E-state index in [1.54, 1.807) is 11.4 Å². The number of nitrogens with one attached hydrogen (secondary N) is 2. The molecule has 0 unspecified atom stereocenters. The number of thiophene rings is 1. The average molecular weight is 326 g/mol. The Morgan fingerprint density at radius 3 is 2.83 bits per heavy atom. The van der Waals surface area contributed by atoms with E-state index >= 15 is 0 Å². The zero-order valence-electron chi connectivity index (χ0n) is 12.2. The van der Waals surface area contributed by atoms with Gasteiger partial charge < -0.3 is 10.6 Å². The van der Waals surface area contributed by atoms with Crippen LogP contribution in [0.1, 0.15) is 16.8 Å². The number of hydrogen-bond donors (Lipinski definition) is 2. The lowest BCUT2D eigenvalue weighted by Gasteiger charge is -2.07. The third kappa shape index (κ3) is 3.70. The van der Waals surface area contributed by atoms with Crippen LogP contribution in [0, 0.1) is 0 Å². The molecule has 3 rings (SSSR count). The van der Waals surface area contributed by atoms with Gasteiger partial charge in [0.2, 0.25) is 5.91 Å². The maximum absolute atomic E-state index is 12.0. The van der Waals surface area contributed by atoms with E-state index in [-0.39, 0.29) is 24.8 Å². The lowest BCUT2D eigenvalue weighted by molar-refractivity contribution is -0.116. The largest absolute Gasteiger partial charge is 0.351 e. The van der Waals surface area contributed by atoms with Crippen molar-refractivity contribution in [2.24, 2.45) is 0 Å². The minimum Gasteiger partial charge on any atom is -0.351 e. The summed E-state index contributed by atoms with van der Waals surface area (Å²) >= 11 is 1.46. The maximum Gasteiger partial charge on any atom is 0.252 e. The number of carbonyl (C=O) groups is 2. The van der Waals surface area contributed by atoms with Crippen molar-refractivity contribution in [3.05, 3.63) is 53.0 Å². The fraction of sp³-hybridized carbons (Fsp3) is 0.125. The van der Waals surface area contributed by atoms with E-state index in [0.29, 0.717) is 11.4 Å². The summed E-state index contributed by atoms with van der Waals surface area (Å²) in [7, 11) is 0. The minimum atomic E-state index is -0.209. The van der Waals surface area contributed by atoms with E-state index in [1.807, 2.05) is 29.6 Å². The van der Waals surface area contributed by atoms with Gasteiger partial charge in [0, 0.05) is 29.3 Å². The Balaban J connectivity index is 1.56. The molecule has 0 aliphatic carbocycles. The Bertz CT molecular complexity index is 828. The molecule has 2 heterocycles. The maximum atomic E-state index is 12.0. The van der Waals surface area contributed by atoms with Crippen molar-refractivity contribution in [1.82, 2.24) is 15.3 Å². The van der Waals surface area contributed by atoms with Gasteiger partial charge in [-0.3, -0.25) is 9.59 Å². The molecule has 6 nitrogen and oxygen atoms in total. The number of rotatable bonds is 5. The fourth-order valence-electron chi connectivity index (χ4n) is 2.08. The molecular formula is C16H14N4O2S. The fourth-order valence-corrected chi connectivity index (χ4v) is 2.72. The van der Waals surface area contributed by atoms with Crippen LogP contribution >= 0.6 is 11.3 Å². The van der Waals surface area contributed by atoms with Gasteiger partial charge >= 0.3 is 0 Å². The van der Waals surface area contributed by atoms with Crippen LogP contribution in [0.2, 0.25) is 0 Å². The highest BCUT2D eigenvalue weighted by Gasteiger charge is 2.09. The topological polar surface area (TPSA) is 84.0 Å². The summed E-state index contributed by atoms with van der Waals surface area (Å²) in [5.41, 5.74) is 1.38. The van der Waals surface area contributed by atoms with Gasteiger partial charge in [0.1, 0.15) is 12.1 Å². The molecule has 23 heavy (non-hydrogen) atoms. The number of amides is 2. The number of hydrogen-bond acceptors (Lipinski definition) is 5. The molecule has 0 saturated carbocycles. The first-order valence-corrected chi connectivity index (χ1v) is 7.98. The second kappa shape index (κ2) is 6.97. The van der Waals surface area contributed by atoms with Crippen LogP contribution < -0.4 is 10.6 Å². The number of fused-ring (bicyclic) bond motifs is 1. The highest BCUT2D eigenvalue weighted by molar-refractivity contribution is 7.08. The predicted molar refractivity (Wildman–Crippen MR) is 89.4 cm³/mol. The van der Waals surface area contributed by atoms with E-state index in [0.717, 1.165) is 10.9 Å². The molecule has 0 fully saturated rings. The summed E-state index contributed by atoms with van der Waals surface area (Å²) in [6, 6.07) is 9.19. The van der Waals surface area contributed by atoms with Crippen LogP contribution in [-0.4, -0.2) is 28.3 Å². The Morgan fingerprint density at radius 1 is 1.13 bits per heavy atom. The van der Waals surface area contributed by atoms with E-state index in [9.17, 15) is 9.59 Å². The van der Waals surface area contributed by atoms with Crippen molar-refractivity contribution < 1.29 is 9.59 Å². The molecule has 3 aromatic rings. The van der Waals surface area contributed by atoms with Crippen molar-refractivity contribution >= 4 is 39.9 Å². The third-order valence-electron chi connectivity index (χ3n) is 3.22. The van der Waals surface area contributed by atoms with E-state index in [1.165, 1.54) is 17.7 Å². The van der Waals surface area contributed by atoms with Crippen molar-refractivity contribution in [2.45, 2.75) is 6.42 Å². The zero-order valence-corrected chi connectivity index (χ0v) is 13.0. The highest BCUT2D eigenvalue weighted by Crippen LogP contribution is 2.18. The smallest absolute Gasteiger partial charge is 0.252 e. The number of anilines is 1. The Morgan fingerprint density at radius 2 is 2.00 bits per heavy atom. The second-order valence-corrected chi connectivity index (χ2v) is 5.59. The normalized spacial score (nSPS) is 10.4. The predicted octanol–water partition coefficient (Wildman–Crippen LogP) is 2.45. The molecule has 2 aromatic heterocycles. The van der Waals surface area contributed by atoms with Crippen molar-refractivity contribution in [3.63, 3.8) is 0 Å². The second-order valence-electron chi connectivity index (χ2n) is 4.81. The van der Waals surface area contributed by atoms with Gasteiger partial charge in [-0.05, 0) is 23.6 Å². The molecule has 1 aromatic carbocycles. The summed E-state index contributed by atoms with van der Waals surface area (Å²) in [6.45, 7) is 0.267. The van der Waals surface area contributed by atoms with Crippen molar-refractivity contribution in [2.75, 3.05) is 11.9 Å². The number of benzene rings is 1. The monoisotopic (exact) mass is 326 g/mol.